The van der Waals surface area contributed by atoms with Crippen LogP contribution in [0.4, 0.5) is 0 Å². The first-order valence-corrected chi connectivity index (χ1v) is 11.8. The molecule has 1 nitrogen and oxygen atoms in total. The number of hydrogen-bond acceptors (Lipinski definition) is 0. The maximum atomic E-state index is 6.94. The average Bonchev–Trinajstić information content (AvgIpc) is 3.15. The fraction of sp³-hybridized carbons (Fsp3) is 0.280. The van der Waals surface area contributed by atoms with E-state index in [4.69, 9.17) is 5.73 Å². The van der Waals surface area contributed by atoms with Gasteiger partial charge in [0, 0.05) is 9.52 Å². The first-order valence-electron chi connectivity index (χ1n) is 9.46. The standard InChI is InChI=1S/C19H13.C4H10N.C2H7Si.2ClH.Ti/c1-13-10-17-11-15-8-5-9-16(15)12-18(17)19(13)14-6-3-2-4-7-14;1-4(2,3)5;1-3-2;;;/h2-9,11-12H,1H3;5H,1-3H3;3H,1-2H3;2*1H;/q2*-1;;;;+4/p-2. The summed E-state index contributed by atoms with van der Waals surface area (Å²) in [4.78, 5) is 0. The Labute approximate surface area is 212 Å². The molecule has 2 aliphatic rings. The van der Waals surface area contributed by atoms with Gasteiger partial charge in [-0.25, -0.2) is 0 Å². The molecule has 2 aliphatic carbocycles. The van der Waals surface area contributed by atoms with Crippen molar-refractivity contribution in [2.75, 3.05) is 0 Å². The fourth-order valence-electron chi connectivity index (χ4n) is 2.93. The van der Waals surface area contributed by atoms with Crippen LogP contribution in [0.1, 0.15) is 44.4 Å². The van der Waals surface area contributed by atoms with E-state index in [1.807, 2.05) is 20.8 Å². The minimum Gasteiger partial charge on any atom is -1.00 e. The molecule has 0 spiro atoms. The second-order valence-corrected chi connectivity index (χ2v) is 9.03. The Morgan fingerprint density at radius 1 is 0.967 bits per heavy atom. The zero-order chi connectivity index (χ0) is 20.0. The second kappa shape index (κ2) is 14.2. The van der Waals surface area contributed by atoms with Gasteiger partial charge in [0.1, 0.15) is 0 Å². The molecule has 157 valence electrons. The van der Waals surface area contributed by atoms with E-state index >= 15 is 0 Å². The maximum absolute atomic E-state index is 6.94. The molecule has 30 heavy (non-hydrogen) atoms. The van der Waals surface area contributed by atoms with E-state index in [2.05, 4.69) is 86.8 Å². The molecule has 2 aromatic rings. The molecule has 5 heteroatoms. The van der Waals surface area contributed by atoms with Crippen LogP contribution in [-0.2, 0) is 21.7 Å². The van der Waals surface area contributed by atoms with E-state index in [1.165, 1.54) is 38.3 Å². The van der Waals surface area contributed by atoms with E-state index in [0.29, 0.717) is 0 Å². The first kappa shape index (κ1) is 31.3. The predicted molar refractivity (Wildman–Crippen MR) is 123 cm³/mol. The number of benzene rings is 2. The fourth-order valence-corrected chi connectivity index (χ4v) is 2.93. The molecule has 4 rings (SSSR count). The molecule has 0 unspecified atom stereocenters. The van der Waals surface area contributed by atoms with Crippen LogP contribution < -0.4 is 35.3 Å². The van der Waals surface area contributed by atoms with Crippen molar-refractivity contribution in [3.63, 3.8) is 0 Å². The number of fused-ring (bicyclic) bond motifs is 2. The summed E-state index contributed by atoms with van der Waals surface area (Å²) < 4.78 is 0. The van der Waals surface area contributed by atoms with Crippen molar-refractivity contribution in [3.05, 3.63) is 93.1 Å². The average molecular weight is 491 g/mol. The molecule has 0 amide bonds. The number of hydrogen-bond donors (Lipinski definition) is 0. The Kier molecular flexibility index (Phi) is 14.9. The van der Waals surface area contributed by atoms with Gasteiger partial charge in [0.05, 0.1) is 0 Å². The molecule has 0 bridgehead atoms. The number of allylic oxidation sites excluding steroid dienone is 2. The zero-order valence-corrected chi connectivity index (χ0v) is 22.8. The third-order valence-electron chi connectivity index (χ3n) is 3.80. The summed E-state index contributed by atoms with van der Waals surface area (Å²) >= 11 is 0. The topological polar surface area (TPSA) is 23.8 Å². The molecule has 0 aromatic heterocycles. The summed E-state index contributed by atoms with van der Waals surface area (Å²) in [7, 11) is 0.750. The van der Waals surface area contributed by atoms with Gasteiger partial charge in [0.25, 0.3) is 0 Å². The summed E-state index contributed by atoms with van der Waals surface area (Å²) in [6.07, 6.45) is 9.95. The summed E-state index contributed by atoms with van der Waals surface area (Å²) in [5.41, 5.74) is 13.0. The van der Waals surface area contributed by atoms with Crippen molar-refractivity contribution in [1.29, 1.82) is 0 Å². The van der Waals surface area contributed by atoms with Crippen LogP contribution in [0.15, 0.2) is 54.1 Å². The number of nitrogens with one attached hydrogen (secondary N) is 1. The monoisotopic (exact) mass is 490 g/mol. The quantitative estimate of drug-likeness (QED) is 0.368. The van der Waals surface area contributed by atoms with E-state index in [0.717, 1.165) is 9.52 Å². The largest absolute Gasteiger partial charge is 4.00 e. The number of halogens is 2. The molecule has 0 atom stereocenters. The van der Waals surface area contributed by atoms with Crippen LogP contribution in [0.5, 0.6) is 0 Å². The first-order chi connectivity index (χ1) is 12.7. The Bertz CT molecular complexity index is 969. The zero-order valence-electron chi connectivity index (χ0n) is 18.6. The van der Waals surface area contributed by atoms with Gasteiger partial charge in [0.15, 0.2) is 0 Å². The smallest absolute Gasteiger partial charge is 1.00 e. The van der Waals surface area contributed by atoms with Gasteiger partial charge in [0.2, 0.25) is 0 Å². The Hall–Kier alpha value is -0.869. The second-order valence-electron chi connectivity index (χ2n) is 7.87. The van der Waals surface area contributed by atoms with E-state index < -0.39 is 0 Å². The molecule has 0 fully saturated rings. The summed E-state index contributed by atoms with van der Waals surface area (Å²) in [6.45, 7) is 12.1. The maximum Gasteiger partial charge on any atom is 4.00 e. The Balaban J connectivity index is 0. The Morgan fingerprint density at radius 3 is 2.03 bits per heavy atom. The number of rotatable bonds is 1. The molecular formula is C25H30Cl2NSiTi. The van der Waals surface area contributed by atoms with Crippen molar-refractivity contribution in [2.24, 2.45) is 0 Å². The van der Waals surface area contributed by atoms with Gasteiger partial charge in [-0.2, -0.15) is 5.56 Å². The third kappa shape index (κ3) is 9.10. The van der Waals surface area contributed by atoms with Crippen LogP contribution in [-0.4, -0.2) is 15.1 Å². The van der Waals surface area contributed by atoms with Crippen LogP contribution in [0.25, 0.3) is 23.5 Å². The van der Waals surface area contributed by atoms with Gasteiger partial charge < -0.3 is 30.5 Å². The van der Waals surface area contributed by atoms with Crippen LogP contribution in [0, 0.1) is 6.08 Å². The predicted octanol–water partition coefficient (Wildman–Crippen LogP) is -0.834. The van der Waals surface area contributed by atoms with Gasteiger partial charge in [-0.3, -0.25) is 0 Å². The van der Waals surface area contributed by atoms with Crippen LogP contribution in [0.2, 0.25) is 13.1 Å². The molecule has 1 N–H and O–H groups in total. The van der Waals surface area contributed by atoms with E-state index in [9.17, 15) is 0 Å². The van der Waals surface area contributed by atoms with Gasteiger partial charge >= 0.3 is 21.7 Å². The summed E-state index contributed by atoms with van der Waals surface area (Å²) in [5.74, 6) is 0. The van der Waals surface area contributed by atoms with E-state index in [1.54, 1.807) is 0 Å². The van der Waals surface area contributed by atoms with Gasteiger partial charge in [-0.15, -0.1) is 34.0 Å². The normalized spacial score (nSPS) is 12.1. The molecule has 0 aliphatic heterocycles. The molecule has 0 saturated carbocycles. The SMILES string of the molecule is CC(C)(C)[NH-].CC1=[C-]c2cc3c(cc2=C1c1ccccc1)C=CC=3.C[SiH]C.[Cl-].[Cl-].[Ti+4]. The molecule has 1 radical (unpaired) electrons. The Morgan fingerprint density at radius 2 is 1.50 bits per heavy atom. The van der Waals surface area contributed by atoms with Gasteiger partial charge in [-0.1, -0.05) is 106 Å². The van der Waals surface area contributed by atoms with Crippen molar-refractivity contribution < 1.29 is 46.5 Å². The minimum atomic E-state index is -0.250. The van der Waals surface area contributed by atoms with Crippen LogP contribution in [0.3, 0.4) is 0 Å². The summed E-state index contributed by atoms with van der Waals surface area (Å²) in [5, 5.41) is 2.61. The van der Waals surface area contributed by atoms with Crippen molar-refractivity contribution in [2.45, 2.75) is 46.3 Å². The van der Waals surface area contributed by atoms with Crippen molar-refractivity contribution >= 4 is 27.2 Å². The molecule has 0 saturated heterocycles. The molecule has 2 aromatic carbocycles. The van der Waals surface area contributed by atoms with Gasteiger partial charge in [-0.05, 0) is 5.56 Å². The van der Waals surface area contributed by atoms with E-state index in [-0.39, 0.29) is 52.1 Å². The van der Waals surface area contributed by atoms with Crippen LogP contribution >= 0.6 is 0 Å². The molecular weight excluding hydrogens is 461 g/mol. The minimum absolute atomic E-state index is 0. The summed E-state index contributed by atoms with van der Waals surface area (Å²) in [6, 6.07) is 15.1. The third-order valence-corrected chi connectivity index (χ3v) is 3.80. The van der Waals surface area contributed by atoms with Crippen molar-refractivity contribution in [1.82, 2.24) is 0 Å². The van der Waals surface area contributed by atoms with Crippen molar-refractivity contribution in [3.8, 4) is 0 Å². The molecule has 0 heterocycles.